The van der Waals surface area contributed by atoms with Gasteiger partial charge in [-0.3, -0.25) is 4.79 Å². The topological polar surface area (TPSA) is 39.4 Å². The minimum Gasteiger partial charge on any atom is -0.488 e. The molecule has 0 spiro atoms. The van der Waals surface area contributed by atoms with Gasteiger partial charge in [0.05, 0.1) is 0 Å². The van der Waals surface area contributed by atoms with Gasteiger partial charge in [-0.25, -0.2) is 0 Å². The summed E-state index contributed by atoms with van der Waals surface area (Å²) in [5.41, 5.74) is 3.70. The minimum atomic E-state index is -0.117. The summed E-state index contributed by atoms with van der Waals surface area (Å²) in [5, 5.41) is 0.464. The van der Waals surface area contributed by atoms with Crippen LogP contribution in [-0.2, 0) is 6.61 Å². The smallest absolute Gasteiger partial charge is 0.197 e. The van der Waals surface area contributed by atoms with Crippen molar-refractivity contribution in [2.45, 2.75) is 13.5 Å². The molecule has 0 amide bonds. The summed E-state index contributed by atoms with van der Waals surface area (Å²) in [7, 11) is 0. The average molecular weight is 368 g/mol. The molecule has 0 bridgehead atoms. The minimum absolute atomic E-state index is 0.117. The van der Waals surface area contributed by atoms with Crippen LogP contribution in [0.2, 0.25) is 0 Å². The Morgan fingerprint density at radius 2 is 1.68 bits per heavy atom. The number of aryl methyl sites for hydroxylation is 1. The van der Waals surface area contributed by atoms with E-state index in [1.54, 1.807) is 12.1 Å². The molecule has 1 heterocycles. The van der Waals surface area contributed by atoms with Crippen molar-refractivity contribution in [2.75, 3.05) is 0 Å². The maximum Gasteiger partial charge on any atom is 0.197 e. The Morgan fingerprint density at radius 1 is 0.893 bits per heavy atom. The summed E-state index contributed by atoms with van der Waals surface area (Å²) >= 11 is 0. The van der Waals surface area contributed by atoms with E-state index in [0.29, 0.717) is 29.1 Å². The Balaban J connectivity index is 1.62. The fourth-order valence-electron chi connectivity index (χ4n) is 2.99. The fourth-order valence-corrected chi connectivity index (χ4v) is 2.99. The zero-order valence-corrected chi connectivity index (χ0v) is 15.6. The Morgan fingerprint density at radius 3 is 2.46 bits per heavy atom. The Bertz CT molecular complexity index is 1170. The Hall–Kier alpha value is -3.59. The van der Waals surface area contributed by atoms with Crippen molar-refractivity contribution in [3.63, 3.8) is 0 Å². The second-order valence-electron chi connectivity index (χ2n) is 6.66. The summed E-state index contributed by atoms with van der Waals surface area (Å²) in [4.78, 5) is 12.7. The third-order valence-corrected chi connectivity index (χ3v) is 4.49. The van der Waals surface area contributed by atoms with Crippen LogP contribution in [0.4, 0.5) is 0 Å². The first kappa shape index (κ1) is 17.8. The molecule has 0 saturated carbocycles. The van der Waals surface area contributed by atoms with Gasteiger partial charge in [-0.2, -0.15) is 0 Å². The molecule has 3 heteroatoms. The van der Waals surface area contributed by atoms with E-state index in [1.165, 1.54) is 11.6 Å². The highest BCUT2D eigenvalue weighted by atomic mass is 16.5. The molecular weight excluding hydrogens is 348 g/mol. The molecule has 0 fully saturated rings. The predicted octanol–water partition coefficient (Wildman–Crippen LogP) is 5.85. The molecule has 138 valence electrons. The van der Waals surface area contributed by atoms with E-state index in [9.17, 15) is 4.79 Å². The van der Waals surface area contributed by atoms with Gasteiger partial charge in [0.15, 0.2) is 5.43 Å². The quantitative estimate of drug-likeness (QED) is 0.443. The van der Waals surface area contributed by atoms with E-state index in [2.05, 4.69) is 0 Å². The van der Waals surface area contributed by atoms with E-state index in [0.717, 1.165) is 11.1 Å². The lowest BCUT2D eigenvalue weighted by Gasteiger charge is -2.09. The van der Waals surface area contributed by atoms with E-state index >= 15 is 0 Å². The highest BCUT2D eigenvalue weighted by Crippen LogP contribution is 2.25. The lowest BCUT2D eigenvalue weighted by atomic mass is 10.1. The maximum atomic E-state index is 12.7. The van der Waals surface area contributed by atoms with Gasteiger partial charge in [0.25, 0.3) is 0 Å². The SMILES string of the molecule is Cc1ccc(/C=C/c2cc(=O)c3c(OCc4ccccc4)cccc3o2)cc1. The van der Waals surface area contributed by atoms with Crippen LogP contribution in [-0.4, -0.2) is 0 Å². The van der Waals surface area contributed by atoms with Crippen LogP contribution >= 0.6 is 0 Å². The summed E-state index contributed by atoms with van der Waals surface area (Å²) in [6.07, 6.45) is 3.74. The lowest BCUT2D eigenvalue weighted by molar-refractivity contribution is 0.309. The van der Waals surface area contributed by atoms with Crippen molar-refractivity contribution in [2.24, 2.45) is 0 Å². The van der Waals surface area contributed by atoms with E-state index in [-0.39, 0.29) is 5.43 Å². The van der Waals surface area contributed by atoms with Crippen LogP contribution in [0.25, 0.3) is 23.1 Å². The van der Waals surface area contributed by atoms with E-state index in [1.807, 2.05) is 79.7 Å². The zero-order valence-electron chi connectivity index (χ0n) is 15.6. The van der Waals surface area contributed by atoms with Crippen molar-refractivity contribution in [1.82, 2.24) is 0 Å². The molecule has 0 radical (unpaired) electrons. The monoisotopic (exact) mass is 368 g/mol. The third kappa shape index (κ3) is 4.04. The molecule has 0 aliphatic heterocycles. The third-order valence-electron chi connectivity index (χ3n) is 4.49. The van der Waals surface area contributed by atoms with Gasteiger partial charge in [-0.05, 0) is 36.3 Å². The van der Waals surface area contributed by atoms with Gasteiger partial charge in [0.1, 0.15) is 29.1 Å². The number of hydrogen-bond acceptors (Lipinski definition) is 3. The Labute approximate surface area is 163 Å². The largest absolute Gasteiger partial charge is 0.488 e. The molecule has 28 heavy (non-hydrogen) atoms. The first-order valence-electron chi connectivity index (χ1n) is 9.17. The van der Waals surface area contributed by atoms with Crippen molar-refractivity contribution < 1.29 is 9.15 Å². The molecule has 4 aromatic rings. The summed E-state index contributed by atoms with van der Waals surface area (Å²) in [6, 6.07) is 24.9. The van der Waals surface area contributed by atoms with Gasteiger partial charge in [0, 0.05) is 6.07 Å². The second-order valence-corrected chi connectivity index (χ2v) is 6.66. The highest BCUT2D eigenvalue weighted by molar-refractivity contribution is 5.84. The summed E-state index contributed by atoms with van der Waals surface area (Å²) in [6.45, 7) is 2.45. The van der Waals surface area contributed by atoms with Crippen LogP contribution in [0.1, 0.15) is 22.5 Å². The van der Waals surface area contributed by atoms with E-state index in [4.69, 9.17) is 9.15 Å². The van der Waals surface area contributed by atoms with Crippen LogP contribution < -0.4 is 10.2 Å². The lowest BCUT2D eigenvalue weighted by Crippen LogP contribution is -2.04. The number of benzene rings is 3. The molecule has 3 aromatic carbocycles. The van der Waals surface area contributed by atoms with Crippen molar-refractivity contribution in [3.8, 4) is 5.75 Å². The van der Waals surface area contributed by atoms with E-state index < -0.39 is 0 Å². The summed E-state index contributed by atoms with van der Waals surface area (Å²) in [5.74, 6) is 1.04. The molecule has 0 aliphatic carbocycles. The normalized spacial score (nSPS) is 11.2. The number of rotatable bonds is 5. The average Bonchev–Trinajstić information content (AvgIpc) is 2.72. The molecular formula is C25H20O3. The zero-order chi connectivity index (χ0) is 19.3. The number of ether oxygens (including phenoxy) is 1. The van der Waals surface area contributed by atoms with Gasteiger partial charge in [-0.15, -0.1) is 0 Å². The molecule has 0 N–H and O–H groups in total. The number of hydrogen-bond donors (Lipinski definition) is 0. The molecule has 3 nitrogen and oxygen atoms in total. The van der Waals surface area contributed by atoms with Gasteiger partial charge in [0.2, 0.25) is 0 Å². The molecule has 0 aliphatic rings. The fraction of sp³-hybridized carbons (Fsp3) is 0.0800. The maximum absolute atomic E-state index is 12.7. The molecule has 0 saturated heterocycles. The van der Waals surface area contributed by atoms with Gasteiger partial charge >= 0.3 is 0 Å². The van der Waals surface area contributed by atoms with Gasteiger partial charge in [-0.1, -0.05) is 72.3 Å². The molecule has 0 unspecified atom stereocenters. The van der Waals surface area contributed by atoms with Gasteiger partial charge < -0.3 is 9.15 Å². The van der Waals surface area contributed by atoms with Crippen LogP contribution in [0, 0.1) is 6.92 Å². The van der Waals surface area contributed by atoms with Crippen molar-refractivity contribution in [3.05, 3.63) is 112 Å². The molecule has 4 rings (SSSR count). The first-order chi connectivity index (χ1) is 13.7. The number of fused-ring (bicyclic) bond motifs is 1. The first-order valence-corrected chi connectivity index (χ1v) is 9.17. The Kier molecular flexibility index (Phi) is 5.07. The second kappa shape index (κ2) is 7.97. The van der Waals surface area contributed by atoms with Crippen molar-refractivity contribution >= 4 is 23.1 Å². The van der Waals surface area contributed by atoms with Crippen LogP contribution in [0.15, 0.2) is 88.1 Å². The predicted molar refractivity (Wildman–Crippen MR) is 113 cm³/mol. The van der Waals surface area contributed by atoms with Crippen LogP contribution in [0.5, 0.6) is 5.75 Å². The summed E-state index contributed by atoms with van der Waals surface area (Å²) < 4.78 is 11.8. The molecule has 1 aromatic heterocycles. The molecule has 0 atom stereocenters. The van der Waals surface area contributed by atoms with Crippen LogP contribution in [0.3, 0.4) is 0 Å². The standard InChI is InChI=1S/C25H20O3/c1-18-10-12-19(13-11-18)14-15-21-16-22(26)25-23(8-5-9-24(25)28-21)27-17-20-6-3-2-4-7-20/h2-16H,17H2,1H3/b15-14+. The van der Waals surface area contributed by atoms with Crippen molar-refractivity contribution in [1.29, 1.82) is 0 Å². The highest BCUT2D eigenvalue weighted by Gasteiger charge is 2.09.